The van der Waals surface area contributed by atoms with Crippen molar-refractivity contribution >= 4 is 57.5 Å². The molecule has 2 aromatic rings. The molecule has 0 aromatic carbocycles. The molecular weight excluding hydrogens is 484 g/mol. The lowest BCUT2D eigenvalue weighted by Crippen LogP contribution is -2.71. The third-order valence-corrected chi connectivity index (χ3v) is 7.55. The molecule has 4 heterocycles. The first-order chi connectivity index (χ1) is 16.1. The second-order valence-electron chi connectivity index (χ2n) is 7.63. The van der Waals surface area contributed by atoms with Crippen molar-refractivity contribution < 1.29 is 29.0 Å². The Labute approximate surface area is 202 Å². The van der Waals surface area contributed by atoms with Gasteiger partial charge in [-0.25, -0.2) is 9.78 Å². The van der Waals surface area contributed by atoms with E-state index in [0.29, 0.717) is 17.1 Å². The Balaban J connectivity index is 1.55. The number of thioether (sulfide) groups is 1. The number of hydrogen-bond acceptors (Lipinski definition) is 10. The van der Waals surface area contributed by atoms with Crippen LogP contribution in [0.2, 0.25) is 0 Å². The number of carbonyl (C=O) groups excluding carboxylic acids is 2. The summed E-state index contributed by atoms with van der Waals surface area (Å²) in [5.74, 6) is -1.49. The summed E-state index contributed by atoms with van der Waals surface area (Å²) >= 11 is 2.50. The molecule has 1 saturated heterocycles. The number of nitrogens with zero attached hydrogens (tertiary/aromatic N) is 5. The van der Waals surface area contributed by atoms with Crippen molar-refractivity contribution in [3.05, 3.63) is 34.1 Å². The summed E-state index contributed by atoms with van der Waals surface area (Å²) < 4.78 is 3.52. The van der Waals surface area contributed by atoms with Crippen molar-refractivity contribution in [2.75, 3.05) is 24.3 Å². The van der Waals surface area contributed by atoms with Gasteiger partial charge in [0.1, 0.15) is 29.9 Å². The SMILES string of the molecule is CON=C(C(=O)N[C@@H]1C(=O)N2C(C(=O)O)=C(C[n+]3cc(C)c(N)n3C)CS[C@H]12)c1csc(N)n1. The fourth-order valence-electron chi connectivity index (χ4n) is 3.82. The Morgan fingerprint density at radius 1 is 1.44 bits per heavy atom. The van der Waals surface area contributed by atoms with Crippen molar-refractivity contribution in [2.24, 2.45) is 12.2 Å². The van der Waals surface area contributed by atoms with E-state index in [1.165, 1.54) is 23.8 Å². The van der Waals surface area contributed by atoms with Gasteiger partial charge in [-0.15, -0.1) is 32.5 Å². The lowest BCUT2D eigenvalue weighted by atomic mass is 10.0. The van der Waals surface area contributed by atoms with E-state index in [1.54, 1.807) is 21.8 Å². The van der Waals surface area contributed by atoms with E-state index in [-0.39, 0.29) is 28.8 Å². The number of oxime groups is 1. The highest BCUT2D eigenvalue weighted by atomic mass is 32.2. The molecule has 0 unspecified atom stereocenters. The highest BCUT2D eigenvalue weighted by Crippen LogP contribution is 2.40. The third-order valence-electron chi connectivity index (χ3n) is 5.53. The number of fused-ring (bicyclic) bond motifs is 1. The van der Waals surface area contributed by atoms with Gasteiger partial charge in [0.25, 0.3) is 11.8 Å². The molecule has 2 aliphatic heterocycles. The molecule has 13 nitrogen and oxygen atoms in total. The van der Waals surface area contributed by atoms with E-state index in [9.17, 15) is 19.5 Å². The Morgan fingerprint density at radius 2 is 2.18 bits per heavy atom. The van der Waals surface area contributed by atoms with Crippen LogP contribution in [-0.4, -0.2) is 67.4 Å². The highest BCUT2D eigenvalue weighted by molar-refractivity contribution is 8.00. The van der Waals surface area contributed by atoms with Crippen LogP contribution in [0.4, 0.5) is 10.9 Å². The zero-order valence-electron chi connectivity index (χ0n) is 18.5. The Morgan fingerprint density at radius 3 is 2.74 bits per heavy atom. The largest absolute Gasteiger partial charge is 0.477 e. The van der Waals surface area contributed by atoms with E-state index in [4.69, 9.17) is 16.3 Å². The molecule has 0 radical (unpaired) electrons. The first kappa shape index (κ1) is 23.6. The topological polar surface area (TPSA) is 182 Å². The fraction of sp³-hybridized carbons (Fsp3) is 0.368. The second-order valence-corrected chi connectivity index (χ2v) is 9.62. The summed E-state index contributed by atoms with van der Waals surface area (Å²) in [6.07, 6.45) is 1.82. The van der Waals surface area contributed by atoms with E-state index < -0.39 is 29.2 Å². The molecule has 2 aliphatic rings. The molecule has 15 heteroatoms. The number of carbonyl (C=O) groups is 3. The molecule has 0 aliphatic carbocycles. The molecule has 4 rings (SSSR count). The number of anilines is 2. The molecule has 180 valence electrons. The fourth-order valence-corrected chi connectivity index (χ4v) is 5.71. The van der Waals surface area contributed by atoms with Crippen molar-refractivity contribution in [1.29, 1.82) is 0 Å². The van der Waals surface area contributed by atoms with Crippen LogP contribution in [0.25, 0.3) is 0 Å². The van der Waals surface area contributed by atoms with Crippen LogP contribution in [0.15, 0.2) is 28.0 Å². The number of nitrogens with two attached hydrogens (primary N) is 2. The van der Waals surface area contributed by atoms with Crippen molar-refractivity contribution in [3.8, 4) is 0 Å². The highest BCUT2D eigenvalue weighted by Gasteiger charge is 2.55. The van der Waals surface area contributed by atoms with Gasteiger partial charge in [-0.05, 0) is 6.92 Å². The number of thiazole rings is 1. The van der Waals surface area contributed by atoms with Crippen LogP contribution < -0.4 is 21.5 Å². The molecule has 0 spiro atoms. The van der Waals surface area contributed by atoms with Gasteiger partial charge in [-0.3, -0.25) is 14.5 Å². The molecule has 2 aromatic heterocycles. The van der Waals surface area contributed by atoms with Crippen LogP contribution in [0.3, 0.4) is 0 Å². The third kappa shape index (κ3) is 3.96. The van der Waals surface area contributed by atoms with Gasteiger partial charge in [-0.1, -0.05) is 5.16 Å². The number of aliphatic carboxylic acids is 1. The van der Waals surface area contributed by atoms with Gasteiger partial charge < -0.3 is 26.7 Å². The molecule has 6 N–H and O–H groups in total. The van der Waals surface area contributed by atoms with Gasteiger partial charge in [0.15, 0.2) is 23.2 Å². The number of β-lactam (4-membered cyclic amide) rings is 1. The molecule has 0 saturated carbocycles. The molecule has 1 fully saturated rings. The lowest BCUT2D eigenvalue weighted by molar-refractivity contribution is -0.765. The van der Waals surface area contributed by atoms with Gasteiger partial charge in [-0.2, -0.15) is 0 Å². The number of rotatable bonds is 7. The Kier molecular flexibility index (Phi) is 6.22. The average molecular weight is 508 g/mol. The van der Waals surface area contributed by atoms with Gasteiger partial charge in [0.05, 0.1) is 12.6 Å². The minimum Gasteiger partial charge on any atom is -0.477 e. The predicted octanol–water partition coefficient (Wildman–Crippen LogP) is -0.969. The maximum Gasteiger partial charge on any atom is 0.352 e. The van der Waals surface area contributed by atoms with Gasteiger partial charge in [0, 0.05) is 16.7 Å². The second kappa shape index (κ2) is 8.98. The number of aryl methyl sites for hydroxylation is 1. The molecule has 2 amide bonds. The maximum absolute atomic E-state index is 13.0. The smallest absolute Gasteiger partial charge is 0.352 e. The number of amides is 2. The summed E-state index contributed by atoms with van der Waals surface area (Å²) in [6.45, 7) is 2.11. The van der Waals surface area contributed by atoms with E-state index in [0.717, 1.165) is 16.9 Å². The predicted molar refractivity (Wildman–Crippen MR) is 125 cm³/mol. The number of nitrogen functional groups attached to an aromatic ring is 2. The van der Waals surface area contributed by atoms with E-state index in [1.807, 2.05) is 13.1 Å². The molecule has 0 bridgehead atoms. The standard InChI is InChI=1S/C19H22N8O5S2/c1-8-4-26(25(2)14(8)20)5-9-6-33-17-12(16(29)27(17)13(9)18(30)31)23-15(28)11(24-32-3)10-7-34-19(21)22-10/h4,7,12,17,20H,5-6H2,1-3H3,(H4,21,22,23,28,30,31)/p+1/t12-,17-/m1/s1. The quantitative estimate of drug-likeness (QED) is 0.159. The van der Waals surface area contributed by atoms with Crippen LogP contribution >= 0.6 is 23.1 Å². The number of carboxylic acids is 1. The van der Waals surface area contributed by atoms with Crippen LogP contribution in [-0.2, 0) is 32.8 Å². The normalized spacial score (nSPS) is 20.1. The van der Waals surface area contributed by atoms with Crippen LogP contribution in [0.5, 0.6) is 0 Å². The number of nitrogens with one attached hydrogen (secondary N) is 1. The van der Waals surface area contributed by atoms with Crippen molar-refractivity contribution in [2.45, 2.75) is 24.9 Å². The number of aromatic nitrogens is 3. The monoisotopic (exact) mass is 507 g/mol. The summed E-state index contributed by atoms with van der Waals surface area (Å²) in [7, 11) is 3.05. The van der Waals surface area contributed by atoms with E-state index in [2.05, 4.69) is 15.5 Å². The zero-order valence-corrected chi connectivity index (χ0v) is 20.1. The van der Waals surface area contributed by atoms with Crippen LogP contribution in [0.1, 0.15) is 11.3 Å². The number of carboxylic acid groups (broad SMARTS) is 1. The first-order valence-corrected chi connectivity index (χ1v) is 11.9. The van der Waals surface area contributed by atoms with Gasteiger partial charge >= 0.3 is 5.97 Å². The van der Waals surface area contributed by atoms with Crippen molar-refractivity contribution in [3.63, 3.8) is 0 Å². The number of hydrogen-bond donors (Lipinski definition) is 4. The minimum absolute atomic E-state index is 0.0813. The Bertz CT molecular complexity index is 1250. The molecule has 34 heavy (non-hydrogen) atoms. The van der Waals surface area contributed by atoms with E-state index >= 15 is 0 Å². The molecule has 2 atom stereocenters. The van der Waals surface area contributed by atoms with Crippen molar-refractivity contribution in [1.82, 2.24) is 19.9 Å². The summed E-state index contributed by atoms with van der Waals surface area (Å²) in [4.78, 5) is 47.9. The van der Waals surface area contributed by atoms with Gasteiger partial charge in [0.2, 0.25) is 6.20 Å². The average Bonchev–Trinajstić information content (AvgIpc) is 3.33. The summed E-state index contributed by atoms with van der Waals surface area (Å²) in [6, 6.07) is -0.924. The maximum atomic E-state index is 13.0. The zero-order chi connectivity index (χ0) is 24.7. The molecular formula is C19H23N8O5S2+. The Hall–Kier alpha value is -3.59. The lowest BCUT2D eigenvalue weighted by Gasteiger charge is -2.49. The summed E-state index contributed by atoms with van der Waals surface area (Å²) in [5, 5.41) is 17.4. The first-order valence-electron chi connectivity index (χ1n) is 9.98. The van der Waals surface area contributed by atoms with Crippen LogP contribution in [0, 0.1) is 6.92 Å². The summed E-state index contributed by atoms with van der Waals surface area (Å²) in [5.41, 5.74) is 13.1. The minimum atomic E-state index is -1.21.